The second kappa shape index (κ2) is 8.18. The van der Waals surface area contributed by atoms with Gasteiger partial charge in [-0.05, 0) is 0 Å². The highest BCUT2D eigenvalue weighted by molar-refractivity contribution is 8.00. The van der Waals surface area contributed by atoms with Crippen LogP contribution >= 0.6 is 12.2 Å². The predicted molar refractivity (Wildman–Crippen MR) is 64.8 cm³/mol. The van der Waals surface area contributed by atoms with E-state index in [9.17, 15) is 0 Å². The maximum Gasteiger partial charge on any atom is 0.0993 e. The summed E-state index contributed by atoms with van der Waals surface area (Å²) in [5, 5.41) is 2.27. The molecule has 2 N–H and O–H groups in total. The van der Waals surface area contributed by atoms with Crippen LogP contribution < -0.4 is 5.32 Å². The SMILES string of the molecule is C1COCC[NH2+]1.S=C([S-])N1CCOCC1. The molecule has 0 radical (unpaired) electrons. The lowest BCUT2D eigenvalue weighted by atomic mass is 10.5. The Morgan fingerprint density at radius 1 is 1.07 bits per heavy atom. The summed E-state index contributed by atoms with van der Waals surface area (Å²) in [7, 11) is 0. The summed E-state index contributed by atoms with van der Waals surface area (Å²) in [5.41, 5.74) is 0. The standard InChI is InChI=1S/C5H9NOS2.C4H9NO/c8-5(9)6-1-3-7-4-2-6;1-3-6-4-2-5-1/h1-4H2,(H,8,9);5H,1-4H2. The highest BCUT2D eigenvalue weighted by Gasteiger charge is 2.05. The number of hydrogen-bond donors (Lipinski definition) is 1. The van der Waals surface area contributed by atoms with Gasteiger partial charge in [0, 0.05) is 13.1 Å². The number of nitrogens with zero attached hydrogens (tertiary/aromatic N) is 1. The Hall–Kier alpha value is -0.0100. The van der Waals surface area contributed by atoms with Gasteiger partial charge in [0.05, 0.1) is 39.5 Å². The van der Waals surface area contributed by atoms with Crippen molar-refractivity contribution in [3.8, 4) is 0 Å². The third-order valence-corrected chi connectivity index (χ3v) is 2.72. The van der Waals surface area contributed by atoms with Crippen molar-refractivity contribution in [2.75, 3.05) is 52.6 Å². The highest BCUT2D eigenvalue weighted by Crippen LogP contribution is 1.96. The Labute approximate surface area is 102 Å². The summed E-state index contributed by atoms with van der Waals surface area (Å²) in [6, 6.07) is 0. The first-order valence-electron chi connectivity index (χ1n) is 5.24. The van der Waals surface area contributed by atoms with E-state index < -0.39 is 0 Å². The molecule has 6 heteroatoms. The number of quaternary nitrogens is 1. The van der Waals surface area contributed by atoms with Crippen molar-refractivity contribution >= 4 is 29.2 Å². The first-order chi connectivity index (χ1) is 7.30. The first kappa shape index (κ1) is 13.1. The molecule has 0 aromatic rings. The molecule has 2 saturated heterocycles. The van der Waals surface area contributed by atoms with Crippen LogP contribution in [-0.2, 0) is 22.1 Å². The van der Waals surface area contributed by atoms with Crippen LogP contribution in [0, 0.1) is 0 Å². The lowest BCUT2D eigenvalue weighted by Gasteiger charge is -2.31. The molecule has 0 aliphatic carbocycles. The van der Waals surface area contributed by atoms with Gasteiger partial charge >= 0.3 is 0 Å². The van der Waals surface area contributed by atoms with Crippen molar-refractivity contribution in [2.45, 2.75) is 0 Å². The van der Waals surface area contributed by atoms with Gasteiger partial charge in [0.25, 0.3) is 0 Å². The zero-order valence-electron chi connectivity index (χ0n) is 8.81. The van der Waals surface area contributed by atoms with Gasteiger partial charge in [-0.25, -0.2) is 0 Å². The van der Waals surface area contributed by atoms with Gasteiger partial charge in [-0.15, -0.1) is 0 Å². The molecule has 15 heavy (non-hydrogen) atoms. The molecular formula is C9H18N2O2S2. The van der Waals surface area contributed by atoms with Crippen molar-refractivity contribution < 1.29 is 14.8 Å². The average Bonchev–Trinajstić information content (AvgIpc) is 2.33. The number of nitrogens with two attached hydrogens (primary N) is 1. The van der Waals surface area contributed by atoms with Gasteiger partial charge in [-0.2, -0.15) is 0 Å². The lowest BCUT2D eigenvalue weighted by molar-refractivity contribution is -0.670. The van der Waals surface area contributed by atoms with Crippen molar-refractivity contribution in [1.29, 1.82) is 0 Å². The number of hydrogen-bond acceptors (Lipinski definition) is 4. The maximum atomic E-state index is 5.10. The second-order valence-electron chi connectivity index (χ2n) is 3.34. The molecule has 0 atom stereocenters. The van der Waals surface area contributed by atoms with E-state index in [4.69, 9.17) is 34.3 Å². The fraction of sp³-hybridized carbons (Fsp3) is 0.889. The van der Waals surface area contributed by atoms with Crippen molar-refractivity contribution in [1.82, 2.24) is 4.90 Å². The minimum Gasteiger partial charge on any atom is -0.411 e. The molecule has 0 amide bonds. The van der Waals surface area contributed by atoms with E-state index >= 15 is 0 Å². The van der Waals surface area contributed by atoms with Crippen LogP contribution in [0.25, 0.3) is 0 Å². The smallest absolute Gasteiger partial charge is 0.0993 e. The van der Waals surface area contributed by atoms with Gasteiger partial charge in [-0.3, -0.25) is 0 Å². The van der Waals surface area contributed by atoms with E-state index in [1.165, 1.54) is 0 Å². The van der Waals surface area contributed by atoms with E-state index in [1.54, 1.807) is 0 Å². The fourth-order valence-electron chi connectivity index (χ4n) is 1.33. The quantitative estimate of drug-likeness (QED) is 0.429. The molecule has 0 aromatic heterocycles. The van der Waals surface area contributed by atoms with E-state index in [0.717, 1.165) is 52.6 Å². The molecule has 0 bridgehead atoms. The van der Waals surface area contributed by atoms with E-state index in [-0.39, 0.29) is 0 Å². The normalized spacial score (nSPS) is 21.5. The summed E-state index contributed by atoms with van der Waals surface area (Å²) in [6.45, 7) is 7.44. The Bertz CT molecular complexity index is 171. The Morgan fingerprint density at radius 3 is 1.87 bits per heavy atom. The van der Waals surface area contributed by atoms with Gasteiger partial charge in [0.15, 0.2) is 0 Å². The van der Waals surface area contributed by atoms with Crippen LogP contribution in [0.5, 0.6) is 0 Å². The van der Waals surface area contributed by atoms with Gasteiger partial charge < -0.3 is 44.5 Å². The first-order valence-corrected chi connectivity index (χ1v) is 6.05. The van der Waals surface area contributed by atoms with Crippen molar-refractivity contribution in [3.05, 3.63) is 0 Å². The monoisotopic (exact) mass is 250 g/mol. The minimum absolute atomic E-state index is 0.568. The molecule has 2 aliphatic rings. The van der Waals surface area contributed by atoms with Crippen LogP contribution in [0.4, 0.5) is 0 Å². The van der Waals surface area contributed by atoms with Crippen LogP contribution in [0.3, 0.4) is 0 Å². The van der Waals surface area contributed by atoms with E-state index in [0.29, 0.717) is 4.32 Å². The lowest BCUT2D eigenvalue weighted by Crippen LogP contribution is -2.87. The number of thiocarbonyl (C=S) groups is 1. The van der Waals surface area contributed by atoms with Gasteiger partial charge in [-0.1, -0.05) is 4.32 Å². The molecule has 2 rings (SSSR count). The maximum absolute atomic E-state index is 5.10. The predicted octanol–water partition coefficient (Wildman–Crippen LogP) is -1.27. The molecular weight excluding hydrogens is 232 g/mol. The van der Waals surface area contributed by atoms with Gasteiger partial charge in [0.1, 0.15) is 0 Å². The number of ether oxygens (including phenoxy) is 2. The second-order valence-corrected chi connectivity index (χ2v) is 4.38. The highest BCUT2D eigenvalue weighted by atomic mass is 32.1. The molecule has 2 heterocycles. The number of rotatable bonds is 0. The molecule has 2 aliphatic heterocycles. The minimum atomic E-state index is 0.568. The largest absolute Gasteiger partial charge is 0.411 e. The molecule has 0 spiro atoms. The Morgan fingerprint density at radius 2 is 1.60 bits per heavy atom. The third-order valence-electron chi connectivity index (χ3n) is 2.20. The van der Waals surface area contributed by atoms with Crippen molar-refractivity contribution in [3.63, 3.8) is 0 Å². The van der Waals surface area contributed by atoms with Crippen LogP contribution in [-0.4, -0.2) is 61.8 Å². The Kier molecular flexibility index (Phi) is 7.12. The van der Waals surface area contributed by atoms with Crippen LogP contribution in [0.2, 0.25) is 0 Å². The molecule has 4 nitrogen and oxygen atoms in total. The summed E-state index contributed by atoms with van der Waals surface area (Å²) < 4.78 is 10.7. The summed E-state index contributed by atoms with van der Waals surface area (Å²) in [6.07, 6.45) is 0. The molecule has 2 fully saturated rings. The summed E-state index contributed by atoms with van der Waals surface area (Å²) in [5.74, 6) is 0. The molecule has 88 valence electrons. The zero-order valence-corrected chi connectivity index (χ0v) is 10.4. The molecule has 0 saturated carbocycles. The summed E-state index contributed by atoms with van der Waals surface area (Å²) in [4.78, 5) is 1.98. The molecule has 0 aromatic carbocycles. The average molecular weight is 250 g/mol. The fourth-order valence-corrected chi connectivity index (χ4v) is 1.69. The van der Waals surface area contributed by atoms with Crippen LogP contribution in [0.1, 0.15) is 0 Å². The Balaban J connectivity index is 0.000000162. The topological polar surface area (TPSA) is 38.3 Å². The van der Waals surface area contributed by atoms with Crippen molar-refractivity contribution in [2.24, 2.45) is 0 Å². The third kappa shape index (κ3) is 6.21. The number of morpholine rings is 2. The van der Waals surface area contributed by atoms with Gasteiger partial charge in [0.2, 0.25) is 0 Å². The summed E-state index contributed by atoms with van der Waals surface area (Å²) >= 11 is 9.60. The van der Waals surface area contributed by atoms with E-state index in [2.05, 4.69) is 5.32 Å². The molecule has 0 unspecified atom stereocenters. The van der Waals surface area contributed by atoms with Crippen LogP contribution in [0.15, 0.2) is 0 Å². The zero-order chi connectivity index (χ0) is 10.9. The van der Waals surface area contributed by atoms with E-state index in [1.807, 2.05) is 4.90 Å².